The smallest absolute Gasteiger partial charge is 0.242 e. The van der Waals surface area contributed by atoms with Gasteiger partial charge in [-0.25, -0.2) is 0 Å². The summed E-state index contributed by atoms with van der Waals surface area (Å²) in [6.45, 7) is 12.5. The molecule has 0 aromatic heterocycles. The van der Waals surface area contributed by atoms with E-state index < -0.39 is 8.32 Å². The average molecular weight is 391 g/mol. The quantitative estimate of drug-likeness (QED) is 0.536. The molecule has 4 rings (SSSR count). The normalized spacial score (nSPS) is 39.7. The van der Waals surface area contributed by atoms with Crippen LogP contribution in [0.15, 0.2) is 23.0 Å². The molecular formula is C23H38O3Si. The zero-order valence-corrected chi connectivity index (χ0v) is 19.0. The first kappa shape index (κ1) is 19.7. The van der Waals surface area contributed by atoms with Crippen LogP contribution in [0.2, 0.25) is 19.6 Å². The van der Waals surface area contributed by atoms with E-state index in [2.05, 4.69) is 39.6 Å². The zero-order valence-electron chi connectivity index (χ0n) is 18.0. The van der Waals surface area contributed by atoms with Crippen molar-refractivity contribution in [1.29, 1.82) is 0 Å². The largest absolute Gasteiger partial charge is 0.544 e. The van der Waals surface area contributed by atoms with Gasteiger partial charge in [0.1, 0.15) is 5.76 Å². The highest BCUT2D eigenvalue weighted by Crippen LogP contribution is 2.59. The van der Waals surface area contributed by atoms with E-state index in [0.29, 0.717) is 17.4 Å². The molecule has 27 heavy (non-hydrogen) atoms. The van der Waals surface area contributed by atoms with E-state index >= 15 is 0 Å². The third-order valence-electron chi connectivity index (χ3n) is 7.47. The van der Waals surface area contributed by atoms with Gasteiger partial charge in [-0.1, -0.05) is 12.5 Å². The molecule has 3 fully saturated rings. The summed E-state index contributed by atoms with van der Waals surface area (Å²) in [7, 11) is -1.56. The minimum atomic E-state index is -1.56. The van der Waals surface area contributed by atoms with Crippen LogP contribution in [0.3, 0.4) is 0 Å². The Hall–Kier alpha value is -0.583. The summed E-state index contributed by atoms with van der Waals surface area (Å²) in [5.41, 5.74) is 3.43. The Morgan fingerprint density at radius 3 is 2.67 bits per heavy atom. The van der Waals surface area contributed by atoms with Crippen molar-refractivity contribution < 1.29 is 13.9 Å². The number of ether oxygens (including phenoxy) is 2. The number of hydrogen-bond acceptors (Lipinski definition) is 3. The molecule has 3 nitrogen and oxygen atoms in total. The highest BCUT2D eigenvalue weighted by molar-refractivity contribution is 6.70. The molecule has 0 spiro atoms. The molecule has 1 heterocycles. The average Bonchev–Trinajstić information content (AvgIpc) is 2.94. The van der Waals surface area contributed by atoms with Gasteiger partial charge in [-0.2, -0.15) is 0 Å². The fourth-order valence-electron chi connectivity index (χ4n) is 6.06. The van der Waals surface area contributed by atoms with E-state index in [9.17, 15) is 0 Å². The Bertz CT molecular complexity index is 626. The van der Waals surface area contributed by atoms with Gasteiger partial charge in [0, 0.05) is 6.61 Å². The van der Waals surface area contributed by atoms with E-state index in [0.717, 1.165) is 25.4 Å². The monoisotopic (exact) mass is 390 g/mol. The lowest BCUT2D eigenvalue weighted by molar-refractivity contribution is -0.210. The Labute approximate surface area is 166 Å². The second kappa shape index (κ2) is 7.35. The van der Waals surface area contributed by atoms with Gasteiger partial charge in [0.05, 0.1) is 6.10 Å². The molecule has 5 unspecified atom stereocenters. The van der Waals surface area contributed by atoms with Gasteiger partial charge in [-0.05, 0) is 107 Å². The maximum absolute atomic E-state index is 6.55. The van der Waals surface area contributed by atoms with Gasteiger partial charge >= 0.3 is 0 Å². The van der Waals surface area contributed by atoms with Crippen molar-refractivity contribution in [2.45, 2.75) is 97.2 Å². The SMILES string of the molecule is CC1=C2CCC3(C)C(OC4CCCCO4)CCC3C2CC=C1O[Si](C)(C)C. The molecule has 0 radical (unpaired) electrons. The molecule has 4 heteroatoms. The van der Waals surface area contributed by atoms with E-state index in [1.165, 1.54) is 49.9 Å². The van der Waals surface area contributed by atoms with Crippen LogP contribution in [-0.4, -0.2) is 27.3 Å². The number of hydrogen-bond donors (Lipinski definition) is 0. The minimum absolute atomic E-state index is 0.0426. The Morgan fingerprint density at radius 1 is 1.15 bits per heavy atom. The van der Waals surface area contributed by atoms with Crippen LogP contribution in [0, 0.1) is 17.3 Å². The van der Waals surface area contributed by atoms with Crippen LogP contribution < -0.4 is 0 Å². The van der Waals surface area contributed by atoms with Crippen molar-refractivity contribution in [3.63, 3.8) is 0 Å². The van der Waals surface area contributed by atoms with Gasteiger partial charge in [0.15, 0.2) is 6.29 Å². The lowest BCUT2D eigenvalue weighted by Crippen LogP contribution is -2.44. The first-order chi connectivity index (χ1) is 12.8. The van der Waals surface area contributed by atoms with Crippen molar-refractivity contribution in [2.24, 2.45) is 17.3 Å². The highest BCUT2D eigenvalue weighted by atomic mass is 28.4. The summed E-state index contributed by atoms with van der Waals surface area (Å²) >= 11 is 0. The molecule has 0 aromatic rings. The molecule has 1 saturated heterocycles. The Morgan fingerprint density at radius 2 is 1.96 bits per heavy atom. The fourth-order valence-corrected chi connectivity index (χ4v) is 6.96. The summed E-state index contributed by atoms with van der Waals surface area (Å²) in [5, 5.41) is 0. The van der Waals surface area contributed by atoms with Crippen LogP contribution in [-0.2, 0) is 13.9 Å². The van der Waals surface area contributed by atoms with Gasteiger partial charge in [0.25, 0.3) is 0 Å². The fraction of sp³-hybridized carbons (Fsp3) is 0.826. The molecule has 3 aliphatic carbocycles. The predicted octanol–water partition coefficient (Wildman–Crippen LogP) is 6.18. The number of allylic oxidation sites excluding steroid dienone is 3. The Kier molecular flexibility index (Phi) is 5.37. The van der Waals surface area contributed by atoms with Crippen LogP contribution in [0.5, 0.6) is 0 Å². The molecule has 0 N–H and O–H groups in total. The first-order valence-electron chi connectivity index (χ1n) is 11.1. The highest BCUT2D eigenvalue weighted by Gasteiger charge is 2.54. The third kappa shape index (κ3) is 3.82. The second-order valence-corrected chi connectivity index (χ2v) is 14.8. The van der Waals surface area contributed by atoms with E-state index in [-0.39, 0.29) is 6.29 Å². The van der Waals surface area contributed by atoms with Crippen molar-refractivity contribution >= 4 is 8.32 Å². The number of rotatable bonds is 4. The summed E-state index contributed by atoms with van der Waals surface area (Å²) in [5.74, 6) is 2.62. The molecule has 152 valence electrons. The first-order valence-corrected chi connectivity index (χ1v) is 14.5. The molecule has 2 saturated carbocycles. The lowest BCUT2D eigenvalue weighted by Gasteiger charge is -2.48. The van der Waals surface area contributed by atoms with Gasteiger partial charge in [-0.3, -0.25) is 0 Å². The summed E-state index contributed by atoms with van der Waals surface area (Å²) in [4.78, 5) is 0. The molecule has 1 aliphatic heterocycles. The van der Waals surface area contributed by atoms with Gasteiger partial charge in [-0.15, -0.1) is 0 Å². The standard InChI is InChI=1S/C23H38O3Si/c1-16-17-13-14-23(2)19(18(17)9-11-20(16)26-27(3,4)5)10-12-21(23)25-22-8-6-7-15-24-22/h11,18-19,21-22H,6-10,12-15H2,1-5H3. The van der Waals surface area contributed by atoms with Crippen LogP contribution in [0.1, 0.15) is 65.2 Å². The van der Waals surface area contributed by atoms with Crippen LogP contribution in [0.4, 0.5) is 0 Å². The third-order valence-corrected chi connectivity index (χ3v) is 8.30. The summed E-state index contributed by atoms with van der Waals surface area (Å²) < 4.78 is 18.8. The molecule has 5 atom stereocenters. The molecule has 0 bridgehead atoms. The molecule has 0 aromatic carbocycles. The van der Waals surface area contributed by atoms with Crippen molar-refractivity contribution in [2.75, 3.05) is 6.61 Å². The van der Waals surface area contributed by atoms with Gasteiger partial charge < -0.3 is 13.9 Å². The van der Waals surface area contributed by atoms with Crippen molar-refractivity contribution in [3.8, 4) is 0 Å². The van der Waals surface area contributed by atoms with Gasteiger partial charge in [0.2, 0.25) is 8.32 Å². The summed E-state index contributed by atoms with van der Waals surface area (Å²) in [6, 6.07) is 0. The lowest BCUT2D eigenvalue weighted by atomic mass is 9.59. The van der Waals surface area contributed by atoms with E-state index in [1.807, 2.05) is 0 Å². The number of fused-ring (bicyclic) bond motifs is 3. The maximum atomic E-state index is 6.55. The minimum Gasteiger partial charge on any atom is -0.544 e. The van der Waals surface area contributed by atoms with Crippen molar-refractivity contribution in [3.05, 3.63) is 23.0 Å². The molecular weight excluding hydrogens is 352 g/mol. The van der Waals surface area contributed by atoms with Crippen LogP contribution >= 0.6 is 0 Å². The molecule has 0 amide bonds. The van der Waals surface area contributed by atoms with E-state index in [4.69, 9.17) is 13.9 Å². The summed E-state index contributed by atoms with van der Waals surface area (Å²) in [6.07, 6.45) is 12.4. The Balaban J connectivity index is 1.49. The van der Waals surface area contributed by atoms with E-state index in [1.54, 1.807) is 5.57 Å². The molecule has 4 aliphatic rings. The topological polar surface area (TPSA) is 27.7 Å². The van der Waals surface area contributed by atoms with Crippen molar-refractivity contribution in [1.82, 2.24) is 0 Å². The van der Waals surface area contributed by atoms with Crippen LogP contribution in [0.25, 0.3) is 0 Å². The zero-order chi connectivity index (χ0) is 19.2. The second-order valence-electron chi connectivity index (χ2n) is 10.4. The maximum Gasteiger partial charge on any atom is 0.242 e. The predicted molar refractivity (Wildman–Crippen MR) is 112 cm³/mol.